The van der Waals surface area contributed by atoms with Gasteiger partial charge in [-0.1, -0.05) is 25.1 Å². The van der Waals surface area contributed by atoms with Gasteiger partial charge in [0.1, 0.15) is 10.6 Å². The molecule has 0 saturated carbocycles. The van der Waals surface area contributed by atoms with E-state index in [1.807, 2.05) is 12.3 Å². The summed E-state index contributed by atoms with van der Waals surface area (Å²) < 4.78 is 4.97. The van der Waals surface area contributed by atoms with Crippen LogP contribution in [-0.4, -0.2) is 19.0 Å². The third-order valence-corrected chi connectivity index (χ3v) is 5.47. The number of hydrogen-bond acceptors (Lipinski definition) is 4. The molecule has 4 nitrogen and oxygen atoms in total. The van der Waals surface area contributed by atoms with Crippen LogP contribution in [0.3, 0.4) is 0 Å². The maximum Gasteiger partial charge on any atom is 0.341 e. The molecule has 0 saturated heterocycles. The van der Waals surface area contributed by atoms with Gasteiger partial charge in [-0.15, -0.1) is 11.3 Å². The number of anilines is 1. The fourth-order valence-corrected chi connectivity index (χ4v) is 4.26. The zero-order valence-electron chi connectivity index (χ0n) is 14.7. The topological polar surface area (TPSA) is 55.4 Å². The van der Waals surface area contributed by atoms with Crippen LogP contribution in [0.15, 0.2) is 23.6 Å². The van der Waals surface area contributed by atoms with Crippen LogP contribution in [0.2, 0.25) is 0 Å². The summed E-state index contributed by atoms with van der Waals surface area (Å²) in [5, 5.41) is 5.35. The van der Waals surface area contributed by atoms with Crippen molar-refractivity contribution in [2.24, 2.45) is 0 Å². The van der Waals surface area contributed by atoms with Crippen LogP contribution in [0.4, 0.5) is 5.00 Å². The highest BCUT2D eigenvalue weighted by molar-refractivity contribution is 7.15. The Kier molecular flexibility index (Phi) is 5.53. The summed E-state index contributed by atoms with van der Waals surface area (Å²) in [4.78, 5) is 24.3. The Morgan fingerprint density at radius 1 is 1.20 bits per heavy atom. The summed E-state index contributed by atoms with van der Waals surface area (Å²) in [6.45, 7) is 1.95. The number of rotatable bonds is 5. The molecule has 5 heteroatoms. The molecule has 0 atom stereocenters. The molecule has 3 rings (SSSR count). The zero-order chi connectivity index (χ0) is 17.8. The van der Waals surface area contributed by atoms with Crippen LogP contribution in [0.5, 0.6) is 0 Å². The molecule has 25 heavy (non-hydrogen) atoms. The average Bonchev–Trinajstić information content (AvgIpc) is 3.04. The number of ether oxygens (including phenoxy) is 1. The molecule has 2 aromatic rings. The predicted molar refractivity (Wildman–Crippen MR) is 101 cm³/mol. The monoisotopic (exact) mass is 357 g/mol. The van der Waals surface area contributed by atoms with Crippen LogP contribution in [0, 0.1) is 0 Å². The number of fused-ring (bicyclic) bond motifs is 1. The van der Waals surface area contributed by atoms with Gasteiger partial charge in [0.05, 0.1) is 7.11 Å². The Bertz CT molecular complexity index is 794. The molecule has 1 amide bonds. The molecule has 132 valence electrons. The van der Waals surface area contributed by atoms with E-state index in [4.69, 9.17) is 4.74 Å². The fraction of sp³-hybridized carbons (Fsp3) is 0.400. The second-order valence-electron chi connectivity index (χ2n) is 6.33. The van der Waals surface area contributed by atoms with Crippen molar-refractivity contribution in [3.8, 4) is 11.1 Å². The zero-order valence-corrected chi connectivity index (χ0v) is 15.5. The number of thiophene rings is 1. The summed E-state index contributed by atoms with van der Waals surface area (Å²) in [6.07, 6.45) is 5.87. The lowest BCUT2D eigenvalue weighted by molar-refractivity contribution is -0.116. The van der Waals surface area contributed by atoms with Gasteiger partial charge in [-0.3, -0.25) is 4.79 Å². The molecule has 1 aromatic heterocycles. The molecule has 0 unspecified atom stereocenters. The number of benzene rings is 1. The van der Waals surface area contributed by atoms with E-state index in [0.717, 1.165) is 30.4 Å². The first-order chi connectivity index (χ1) is 12.1. The van der Waals surface area contributed by atoms with Crippen molar-refractivity contribution in [1.29, 1.82) is 0 Å². The van der Waals surface area contributed by atoms with Crippen molar-refractivity contribution in [1.82, 2.24) is 0 Å². The van der Waals surface area contributed by atoms with Crippen molar-refractivity contribution in [2.45, 2.75) is 45.4 Å². The summed E-state index contributed by atoms with van der Waals surface area (Å²) in [7, 11) is 1.37. The van der Waals surface area contributed by atoms with Crippen LogP contribution in [0.1, 0.15) is 54.1 Å². The second kappa shape index (κ2) is 7.83. The molecular weight excluding hydrogens is 334 g/mol. The van der Waals surface area contributed by atoms with E-state index in [-0.39, 0.29) is 5.91 Å². The molecule has 1 aromatic carbocycles. The highest BCUT2D eigenvalue weighted by Crippen LogP contribution is 2.37. The number of carbonyl (C=O) groups is 2. The van der Waals surface area contributed by atoms with E-state index in [2.05, 4.69) is 23.5 Å². The quantitative estimate of drug-likeness (QED) is 0.781. The normalized spacial score (nSPS) is 13.2. The third-order valence-electron chi connectivity index (χ3n) is 4.57. The van der Waals surface area contributed by atoms with Gasteiger partial charge >= 0.3 is 5.97 Å². The number of nitrogens with one attached hydrogen (secondary N) is 1. The van der Waals surface area contributed by atoms with E-state index >= 15 is 0 Å². The minimum atomic E-state index is -0.416. The van der Waals surface area contributed by atoms with Gasteiger partial charge in [0, 0.05) is 17.4 Å². The molecule has 0 fully saturated rings. The minimum Gasteiger partial charge on any atom is -0.465 e. The summed E-state index contributed by atoms with van der Waals surface area (Å²) in [5.74, 6) is -0.493. The van der Waals surface area contributed by atoms with E-state index in [1.165, 1.54) is 42.4 Å². The Balaban J connectivity index is 1.99. The van der Waals surface area contributed by atoms with Gasteiger partial charge in [-0.05, 0) is 48.8 Å². The Morgan fingerprint density at radius 2 is 1.96 bits per heavy atom. The molecule has 1 N–H and O–H groups in total. The smallest absolute Gasteiger partial charge is 0.341 e. The molecule has 0 aliphatic heterocycles. The molecule has 0 radical (unpaired) electrons. The highest BCUT2D eigenvalue weighted by atomic mass is 32.1. The number of methoxy groups -OCH3 is 1. The number of hydrogen-bond donors (Lipinski definition) is 1. The van der Waals surface area contributed by atoms with Crippen molar-refractivity contribution in [3.05, 3.63) is 40.3 Å². The SMILES string of the molecule is CCCC(=O)Nc1scc(-c2ccc3c(c2)CCCC3)c1C(=O)OC. The van der Waals surface area contributed by atoms with Crippen LogP contribution < -0.4 is 5.32 Å². The summed E-state index contributed by atoms with van der Waals surface area (Å²) in [5.41, 5.74) is 5.06. The summed E-state index contributed by atoms with van der Waals surface area (Å²) in [6, 6.07) is 6.41. The van der Waals surface area contributed by atoms with Crippen molar-refractivity contribution in [2.75, 3.05) is 12.4 Å². The van der Waals surface area contributed by atoms with E-state index in [0.29, 0.717) is 17.0 Å². The number of carbonyl (C=O) groups excluding carboxylic acids is 2. The molecule has 0 spiro atoms. The lowest BCUT2D eigenvalue weighted by Gasteiger charge is -2.16. The first-order valence-corrected chi connectivity index (χ1v) is 9.63. The van der Waals surface area contributed by atoms with Crippen LogP contribution >= 0.6 is 11.3 Å². The largest absolute Gasteiger partial charge is 0.465 e. The van der Waals surface area contributed by atoms with Crippen LogP contribution in [-0.2, 0) is 22.4 Å². The standard InChI is InChI=1S/C20H23NO3S/c1-3-6-17(22)21-19-18(20(23)24-2)16(12-25-19)15-10-9-13-7-4-5-8-14(13)11-15/h9-12H,3-8H2,1-2H3,(H,21,22). The van der Waals surface area contributed by atoms with Gasteiger partial charge in [-0.25, -0.2) is 4.79 Å². The van der Waals surface area contributed by atoms with E-state index in [1.54, 1.807) is 0 Å². The number of esters is 1. The molecule has 1 aliphatic rings. The van der Waals surface area contributed by atoms with Crippen molar-refractivity contribution in [3.63, 3.8) is 0 Å². The maximum absolute atomic E-state index is 12.4. The fourth-order valence-electron chi connectivity index (χ4n) is 3.28. The Morgan fingerprint density at radius 3 is 2.68 bits per heavy atom. The van der Waals surface area contributed by atoms with E-state index < -0.39 is 5.97 Å². The Labute approximate surface area is 152 Å². The highest BCUT2D eigenvalue weighted by Gasteiger charge is 2.23. The Hall–Kier alpha value is -2.14. The lowest BCUT2D eigenvalue weighted by atomic mass is 9.89. The first-order valence-electron chi connectivity index (χ1n) is 8.75. The van der Waals surface area contributed by atoms with Crippen molar-refractivity contribution >= 4 is 28.2 Å². The van der Waals surface area contributed by atoms with Gasteiger partial charge in [-0.2, -0.15) is 0 Å². The lowest BCUT2D eigenvalue weighted by Crippen LogP contribution is -2.13. The average molecular weight is 357 g/mol. The van der Waals surface area contributed by atoms with Gasteiger partial charge in [0.25, 0.3) is 0 Å². The number of amides is 1. The second-order valence-corrected chi connectivity index (χ2v) is 7.21. The third kappa shape index (κ3) is 3.76. The van der Waals surface area contributed by atoms with Gasteiger partial charge in [0.15, 0.2) is 0 Å². The van der Waals surface area contributed by atoms with Crippen LogP contribution in [0.25, 0.3) is 11.1 Å². The molecule has 1 heterocycles. The van der Waals surface area contributed by atoms with Gasteiger partial charge in [0.2, 0.25) is 5.91 Å². The van der Waals surface area contributed by atoms with Crippen molar-refractivity contribution < 1.29 is 14.3 Å². The minimum absolute atomic E-state index is 0.0773. The maximum atomic E-state index is 12.4. The molecule has 0 bridgehead atoms. The number of aryl methyl sites for hydroxylation is 2. The van der Waals surface area contributed by atoms with E-state index in [9.17, 15) is 9.59 Å². The van der Waals surface area contributed by atoms with Gasteiger partial charge < -0.3 is 10.1 Å². The molecular formula is C20H23NO3S. The molecule has 1 aliphatic carbocycles. The summed E-state index contributed by atoms with van der Waals surface area (Å²) >= 11 is 1.37. The predicted octanol–water partition coefficient (Wildman–Crippen LogP) is 4.82. The first kappa shape index (κ1) is 17.7.